The first-order valence-electron chi connectivity index (χ1n) is 9.30. The number of carbonyl (C=O) groups is 2. The summed E-state index contributed by atoms with van der Waals surface area (Å²) in [7, 11) is 0. The lowest BCUT2D eigenvalue weighted by Gasteiger charge is -2.12. The third-order valence-corrected chi connectivity index (χ3v) is 5.31. The molecule has 0 bridgehead atoms. The molecule has 0 radical (unpaired) electrons. The fraction of sp³-hybridized carbons (Fsp3) is 0.130. The van der Waals surface area contributed by atoms with Gasteiger partial charge in [0, 0.05) is 16.6 Å². The van der Waals surface area contributed by atoms with Crippen molar-refractivity contribution < 1.29 is 14.3 Å². The van der Waals surface area contributed by atoms with Crippen LogP contribution in [0.5, 0.6) is 5.75 Å². The summed E-state index contributed by atoms with van der Waals surface area (Å²) in [5.74, 6) is 0.295. The van der Waals surface area contributed by atoms with Crippen LogP contribution >= 0.6 is 15.9 Å². The molecule has 0 unspecified atom stereocenters. The van der Waals surface area contributed by atoms with Gasteiger partial charge in [0.1, 0.15) is 18.1 Å². The molecular weight excluding hydrogens is 432 g/mol. The van der Waals surface area contributed by atoms with Crippen LogP contribution in [0, 0.1) is 0 Å². The molecule has 4 rings (SSSR count). The zero-order chi connectivity index (χ0) is 20.4. The average Bonchev–Trinajstić information content (AvgIpc) is 2.99. The largest absolute Gasteiger partial charge is 0.488 e. The van der Waals surface area contributed by atoms with E-state index in [-0.39, 0.29) is 11.6 Å². The van der Waals surface area contributed by atoms with Gasteiger partial charge >= 0.3 is 6.03 Å². The number of hydrogen-bond acceptors (Lipinski definition) is 3. The van der Waals surface area contributed by atoms with Crippen LogP contribution in [0.25, 0.3) is 16.8 Å². The van der Waals surface area contributed by atoms with E-state index < -0.39 is 6.03 Å². The Kier molecular flexibility index (Phi) is 5.36. The minimum Gasteiger partial charge on any atom is -0.488 e. The number of carbonyl (C=O) groups excluding carboxylic acids is 2. The van der Waals surface area contributed by atoms with Crippen LogP contribution in [0.2, 0.25) is 0 Å². The highest BCUT2D eigenvalue weighted by Crippen LogP contribution is 2.28. The van der Waals surface area contributed by atoms with Crippen molar-refractivity contribution in [3.63, 3.8) is 0 Å². The zero-order valence-electron chi connectivity index (χ0n) is 15.8. The Morgan fingerprint density at radius 1 is 1.07 bits per heavy atom. The number of hydrogen-bond donors (Lipinski definition) is 1. The lowest BCUT2D eigenvalue weighted by molar-refractivity contribution is -0.122. The van der Waals surface area contributed by atoms with Gasteiger partial charge in [0.15, 0.2) is 0 Å². The van der Waals surface area contributed by atoms with E-state index in [0.29, 0.717) is 24.5 Å². The first-order valence-corrected chi connectivity index (χ1v) is 10.1. The third kappa shape index (κ3) is 3.89. The standard InChI is InChI=1S/C23H19BrN2O3/c1-2-26-22(27)20(25-23(26)28)13-17-12-18(24)10-11-21(17)29-14-16-8-5-7-15-6-3-4-9-19(15)16/h3-13H,2,14H2,1H3,(H,25,28)/b20-13+. The molecule has 3 amide bonds. The number of amides is 3. The minimum atomic E-state index is -0.406. The lowest BCUT2D eigenvalue weighted by Crippen LogP contribution is -2.30. The van der Waals surface area contributed by atoms with E-state index in [0.717, 1.165) is 20.8 Å². The van der Waals surface area contributed by atoms with Crippen LogP contribution in [-0.2, 0) is 11.4 Å². The van der Waals surface area contributed by atoms with Gasteiger partial charge in [-0.25, -0.2) is 4.79 Å². The number of nitrogens with zero attached hydrogens (tertiary/aromatic N) is 1. The summed E-state index contributed by atoms with van der Waals surface area (Å²) in [6, 6.07) is 19.5. The van der Waals surface area contributed by atoms with Crippen molar-refractivity contribution in [3.8, 4) is 5.75 Å². The van der Waals surface area contributed by atoms with Crippen LogP contribution in [0.15, 0.2) is 70.8 Å². The molecule has 3 aromatic carbocycles. The Hall–Kier alpha value is -3.12. The fourth-order valence-corrected chi connectivity index (χ4v) is 3.73. The second-order valence-electron chi connectivity index (χ2n) is 6.65. The van der Waals surface area contributed by atoms with E-state index in [1.54, 1.807) is 13.0 Å². The van der Waals surface area contributed by atoms with Crippen LogP contribution in [0.4, 0.5) is 4.79 Å². The Balaban J connectivity index is 1.63. The summed E-state index contributed by atoms with van der Waals surface area (Å²) in [5, 5.41) is 4.93. The van der Waals surface area contributed by atoms with Crippen molar-refractivity contribution >= 4 is 44.7 Å². The first kappa shape index (κ1) is 19.2. The Morgan fingerprint density at radius 2 is 1.86 bits per heavy atom. The van der Waals surface area contributed by atoms with Gasteiger partial charge in [-0.3, -0.25) is 9.69 Å². The van der Waals surface area contributed by atoms with E-state index in [1.165, 1.54) is 4.90 Å². The molecule has 146 valence electrons. The topological polar surface area (TPSA) is 58.6 Å². The summed E-state index contributed by atoms with van der Waals surface area (Å²) >= 11 is 3.46. The van der Waals surface area contributed by atoms with Crippen molar-refractivity contribution in [2.24, 2.45) is 0 Å². The van der Waals surface area contributed by atoms with Crippen molar-refractivity contribution in [1.29, 1.82) is 0 Å². The smallest absolute Gasteiger partial charge is 0.328 e. The number of benzene rings is 3. The van der Waals surface area contributed by atoms with Crippen LogP contribution < -0.4 is 10.1 Å². The molecule has 0 saturated carbocycles. The highest BCUT2D eigenvalue weighted by molar-refractivity contribution is 9.10. The van der Waals surface area contributed by atoms with Gasteiger partial charge in [0.2, 0.25) is 0 Å². The van der Waals surface area contributed by atoms with Gasteiger partial charge in [-0.15, -0.1) is 0 Å². The Labute approximate surface area is 177 Å². The molecule has 5 nitrogen and oxygen atoms in total. The number of urea groups is 1. The predicted octanol–water partition coefficient (Wildman–Crippen LogP) is 5.09. The molecule has 1 N–H and O–H groups in total. The zero-order valence-corrected chi connectivity index (χ0v) is 17.4. The van der Waals surface area contributed by atoms with Gasteiger partial charge in [-0.1, -0.05) is 58.4 Å². The second kappa shape index (κ2) is 8.09. The molecule has 1 heterocycles. The van der Waals surface area contributed by atoms with Gasteiger partial charge in [0.05, 0.1) is 0 Å². The van der Waals surface area contributed by atoms with Gasteiger partial charge < -0.3 is 10.1 Å². The van der Waals surface area contributed by atoms with Crippen LogP contribution in [0.3, 0.4) is 0 Å². The van der Waals surface area contributed by atoms with Crippen molar-refractivity contribution in [1.82, 2.24) is 10.2 Å². The molecule has 1 fully saturated rings. The highest BCUT2D eigenvalue weighted by atomic mass is 79.9. The summed E-state index contributed by atoms with van der Waals surface area (Å²) in [4.78, 5) is 25.5. The number of ether oxygens (including phenoxy) is 1. The molecule has 1 saturated heterocycles. The maximum absolute atomic E-state index is 12.4. The number of likely N-dealkylation sites (N-methyl/N-ethyl adjacent to an activating group) is 1. The van der Waals surface area contributed by atoms with Crippen molar-refractivity contribution in [2.45, 2.75) is 13.5 Å². The summed E-state index contributed by atoms with van der Waals surface area (Å²) in [5.41, 5.74) is 2.03. The maximum atomic E-state index is 12.4. The minimum absolute atomic E-state index is 0.241. The van der Waals surface area contributed by atoms with Crippen LogP contribution in [-0.4, -0.2) is 23.4 Å². The van der Waals surface area contributed by atoms with Gasteiger partial charge in [0.25, 0.3) is 5.91 Å². The summed E-state index contributed by atoms with van der Waals surface area (Å²) < 4.78 is 6.96. The van der Waals surface area contributed by atoms with Crippen LogP contribution in [0.1, 0.15) is 18.1 Å². The lowest BCUT2D eigenvalue weighted by atomic mass is 10.1. The predicted molar refractivity (Wildman–Crippen MR) is 116 cm³/mol. The van der Waals surface area contributed by atoms with Crippen molar-refractivity contribution in [3.05, 3.63) is 82.0 Å². The molecule has 0 atom stereocenters. The average molecular weight is 451 g/mol. The Bertz CT molecular complexity index is 1130. The molecule has 29 heavy (non-hydrogen) atoms. The van der Waals surface area contributed by atoms with E-state index >= 15 is 0 Å². The quantitative estimate of drug-likeness (QED) is 0.434. The molecule has 1 aliphatic heterocycles. The number of rotatable bonds is 5. The molecule has 1 aliphatic rings. The SMILES string of the molecule is CCN1C(=O)N/C(=C/c2cc(Br)ccc2OCc2cccc3ccccc23)C1=O. The molecular formula is C23H19BrN2O3. The number of fused-ring (bicyclic) bond motifs is 1. The molecule has 0 spiro atoms. The van der Waals surface area contributed by atoms with Gasteiger partial charge in [-0.2, -0.15) is 0 Å². The second-order valence-corrected chi connectivity index (χ2v) is 7.56. The summed E-state index contributed by atoms with van der Waals surface area (Å²) in [6.45, 7) is 2.48. The monoisotopic (exact) mass is 450 g/mol. The number of imide groups is 1. The molecule has 0 aliphatic carbocycles. The number of halogens is 1. The Morgan fingerprint density at radius 3 is 2.66 bits per heavy atom. The third-order valence-electron chi connectivity index (χ3n) is 4.81. The van der Waals surface area contributed by atoms with Gasteiger partial charge in [-0.05, 0) is 47.5 Å². The fourth-order valence-electron chi connectivity index (χ4n) is 3.35. The van der Waals surface area contributed by atoms with E-state index in [9.17, 15) is 9.59 Å². The van der Waals surface area contributed by atoms with Crippen molar-refractivity contribution in [2.75, 3.05) is 6.54 Å². The van der Waals surface area contributed by atoms with E-state index in [4.69, 9.17) is 4.74 Å². The first-order chi connectivity index (χ1) is 14.1. The number of nitrogens with one attached hydrogen (secondary N) is 1. The highest BCUT2D eigenvalue weighted by Gasteiger charge is 2.32. The molecule has 0 aromatic heterocycles. The van der Waals surface area contributed by atoms with E-state index in [2.05, 4.69) is 39.4 Å². The van der Waals surface area contributed by atoms with E-state index in [1.807, 2.05) is 42.5 Å². The normalized spacial score (nSPS) is 15.2. The maximum Gasteiger partial charge on any atom is 0.328 e. The molecule has 3 aromatic rings. The summed E-state index contributed by atoms with van der Waals surface area (Å²) in [6.07, 6.45) is 1.65. The molecule has 6 heteroatoms.